The maximum atomic E-state index is 13.0. The molecule has 0 radical (unpaired) electrons. The summed E-state index contributed by atoms with van der Waals surface area (Å²) in [5.74, 6) is -0.330. The van der Waals surface area contributed by atoms with Crippen molar-refractivity contribution >= 4 is 17.7 Å². The molecule has 1 aromatic carbocycles. The predicted molar refractivity (Wildman–Crippen MR) is 157 cm³/mol. The molecule has 5 nitrogen and oxygen atoms in total. The molecule has 0 saturated heterocycles. The van der Waals surface area contributed by atoms with Crippen molar-refractivity contribution in [2.45, 2.75) is 83.1 Å². The normalized spacial score (nSPS) is 14.6. The fraction of sp³-hybridized carbons (Fsp3) is 0.484. The van der Waals surface area contributed by atoms with Gasteiger partial charge in [0.15, 0.2) is 0 Å². The van der Waals surface area contributed by atoms with Crippen LogP contribution in [-0.2, 0) is 17.8 Å². The predicted octanol–water partition coefficient (Wildman–Crippen LogP) is 7.34. The SMILES string of the molecule is CCCCCCCCCCN.O=C(O)C1=CC=CN(Cc2ccccn2)C1SCCCc1ccc(F)cc1. The van der Waals surface area contributed by atoms with E-state index in [0.29, 0.717) is 12.1 Å². The summed E-state index contributed by atoms with van der Waals surface area (Å²) in [6, 6.07) is 12.2. The van der Waals surface area contributed by atoms with E-state index in [0.717, 1.165) is 36.4 Å². The Labute approximate surface area is 232 Å². The number of benzene rings is 1. The molecule has 3 rings (SSSR count). The Hall–Kier alpha value is -2.64. The highest BCUT2D eigenvalue weighted by molar-refractivity contribution is 8.00. The zero-order chi connectivity index (χ0) is 27.4. The minimum Gasteiger partial charge on any atom is -0.478 e. The van der Waals surface area contributed by atoms with E-state index in [4.69, 9.17) is 5.73 Å². The van der Waals surface area contributed by atoms with Crippen molar-refractivity contribution < 1.29 is 14.3 Å². The van der Waals surface area contributed by atoms with Gasteiger partial charge in [0.25, 0.3) is 0 Å². The molecule has 38 heavy (non-hydrogen) atoms. The van der Waals surface area contributed by atoms with E-state index in [2.05, 4.69) is 11.9 Å². The van der Waals surface area contributed by atoms with Gasteiger partial charge < -0.3 is 15.7 Å². The molecule has 208 valence electrons. The van der Waals surface area contributed by atoms with Crippen LogP contribution in [0.25, 0.3) is 0 Å². The number of halogens is 1. The van der Waals surface area contributed by atoms with Crippen LogP contribution < -0.4 is 5.73 Å². The Morgan fingerprint density at radius 2 is 1.74 bits per heavy atom. The van der Waals surface area contributed by atoms with Gasteiger partial charge in [-0.2, -0.15) is 0 Å². The summed E-state index contributed by atoms with van der Waals surface area (Å²) in [6.07, 6.45) is 19.8. The summed E-state index contributed by atoms with van der Waals surface area (Å²) in [6.45, 7) is 3.68. The third kappa shape index (κ3) is 12.7. The molecule has 1 atom stereocenters. The summed E-state index contributed by atoms with van der Waals surface area (Å²) < 4.78 is 13.0. The second-order valence-electron chi connectivity index (χ2n) is 9.48. The van der Waals surface area contributed by atoms with Crippen LogP contribution in [0.3, 0.4) is 0 Å². The van der Waals surface area contributed by atoms with Crippen LogP contribution in [0.15, 0.2) is 72.6 Å². The van der Waals surface area contributed by atoms with E-state index in [-0.39, 0.29) is 11.2 Å². The van der Waals surface area contributed by atoms with Crippen molar-refractivity contribution in [2.24, 2.45) is 5.73 Å². The third-order valence-electron chi connectivity index (χ3n) is 6.29. The molecule has 0 aliphatic carbocycles. The first kappa shape index (κ1) is 31.6. The number of carboxylic acids is 1. The lowest BCUT2D eigenvalue weighted by Gasteiger charge is -2.32. The van der Waals surface area contributed by atoms with Crippen molar-refractivity contribution in [3.8, 4) is 0 Å². The molecule has 7 heteroatoms. The van der Waals surface area contributed by atoms with Gasteiger partial charge in [-0.25, -0.2) is 9.18 Å². The van der Waals surface area contributed by atoms with Gasteiger partial charge in [-0.05, 0) is 73.5 Å². The minimum absolute atomic E-state index is 0.233. The molecular weight excluding hydrogens is 497 g/mol. The molecule has 1 aliphatic heterocycles. The first-order chi connectivity index (χ1) is 18.5. The van der Waals surface area contributed by atoms with E-state index in [1.165, 1.54) is 63.5 Å². The fourth-order valence-electron chi connectivity index (χ4n) is 4.17. The van der Waals surface area contributed by atoms with E-state index in [9.17, 15) is 14.3 Å². The first-order valence-electron chi connectivity index (χ1n) is 13.9. The minimum atomic E-state index is -0.901. The number of nitrogens with two attached hydrogens (primary N) is 1. The van der Waals surface area contributed by atoms with Gasteiger partial charge in [0.1, 0.15) is 11.2 Å². The standard InChI is InChI=1S/C21H21FN2O2S.C10H23N/c22-17-10-8-16(9-11-17)5-4-14-27-20-19(21(25)26)7-3-13-24(20)15-18-6-1-2-12-23-18;1-2-3-4-5-6-7-8-9-10-11/h1-3,6-13,20H,4-5,14-15H2,(H,25,26);2-11H2,1H3. The molecule has 0 saturated carbocycles. The summed E-state index contributed by atoms with van der Waals surface area (Å²) in [5, 5.41) is 9.30. The number of unbranched alkanes of at least 4 members (excludes halogenated alkanes) is 7. The van der Waals surface area contributed by atoms with E-state index in [1.54, 1.807) is 42.2 Å². The third-order valence-corrected chi connectivity index (χ3v) is 7.66. The number of rotatable bonds is 16. The average molecular weight is 542 g/mol. The number of carboxylic acid groups (broad SMARTS) is 1. The molecule has 1 unspecified atom stereocenters. The monoisotopic (exact) mass is 541 g/mol. The molecule has 2 heterocycles. The molecule has 1 aliphatic rings. The maximum absolute atomic E-state index is 13.0. The van der Waals surface area contributed by atoms with Crippen molar-refractivity contribution in [3.05, 3.63) is 89.7 Å². The largest absolute Gasteiger partial charge is 0.478 e. The molecular formula is C31H44FN3O2S. The molecule has 2 aromatic rings. The Bertz CT molecular complexity index is 959. The zero-order valence-corrected chi connectivity index (χ0v) is 23.6. The van der Waals surface area contributed by atoms with Gasteiger partial charge in [-0.15, -0.1) is 11.8 Å². The number of hydrogen-bond acceptors (Lipinski definition) is 5. The number of thioether (sulfide) groups is 1. The van der Waals surface area contributed by atoms with Crippen molar-refractivity contribution in [3.63, 3.8) is 0 Å². The van der Waals surface area contributed by atoms with E-state index < -0.39 is 5.97 Å². The summed E-state index contributed by atoms with van der Waals surface area (Å²) >= 11 is 1.61. The van der Waals surface area contributed by atoms with Crippen LogP contribution in [-0.4, -0.2) is 38.6 Å². The Kier molecular flexibility index (Phi) is 16.1. The summed E-state index contributed by atoms with van der Waals surface area (Å²) in [5.41, 5.74) is 7.74. The van der Waals surface area contributed by atoms with Crippen molar-refractivity contribution in [1.82, 2.24) is 9.88 Å². The van der Waals surface area contributed by atoms with E-state index in [1.807, 2.05) is 29.3 Å². The Balaban J connectivity index is 0.000000391. The second-order valence-corrected chi connectivity index (χ2v) is 10.7. The second kappa shape index (κ2) is 19.4. The number of pyridine rings is 1. The van der Waals surface area contributed by atoms with Gasteiger partial charge in [0.05, 0.1) is 17.8 Å². The van der Waals surface area contributed by atoms with Crippen molar-refractivity contribution in [1.29, 1.82) is 0 Å². The average Bonchev–Trinajstić information content (AvgIpc) is 2.93. The van der Waals surface area contributed by atoms with Gasteiger partial charge >= 0.3 is 5.97 Å². The lowest BCUT2D eigenvalue weighted by molar-refractivity contribution is -0.133. The summed E-state index contributed by atoms with van der Waals surface area (Å²) in [4.78, 5) is 18.0. The van der Waals surface area contributed by atoms with Crippen LogP contribution in [0.4, 0.5) is 4.39 Å². The maximum Gasteiger partial charge on any atom is 0.334 e. The highest BCUT2D eigenvalue weighted by atomic mass is 32.2. The van der Waals surface area contributed by atoms with Crippen LogP contribution in [0.5, 0.6) is 0 Å². The first-order valence-corrected chi connectivity index (χ1v) is 14.9. The van der Waals surface area contributed by atoms with Crippen LogP contribution in [0.1, 0.15) is 76.0 Å². The molecule has 3 N–H and O–H groups in total. The molecule has 0 amide bonds. The zero-order valence-electron chi connectivity index (χ0n) is 22.7. The van der Waals surface area contributed by atoms with Crippen LogP contribution in [0, 0.1) is 5.82 Å². The molecule has 0 bridgehead atoms. The number of nitrogens with zero attached hydrogens (tertiary/aromatic N) is 2. The lowest BCUT2D eigenvalue weighted by Crippen LogP contribution is -2.34. The number of allylic oxidation sites excluding steroid dienone is 2. The topological polar surface area (TPSA) is 79.5 Å². The quantitative estimate of drug-likeness (QED) is 0.217. The Morgan fingerprint density at radius 3 is 2.37 bits per heavy atom. The molecule has 0 fully saturated rings. The van der Waals surface area contributed by atoms with Gasteiger partial charge in [-0.1, -0.05) is 70.1 Å². The van der Waals surface area contributed by atoms with Crippen molar-refractivity contribution in [2.75, 3.05) is 12.3 Å². The molecule has 1 aromatic heterocycles. The molecule has 0 spiro atoms. The van der Waals surface area contributed by atoms with Gasteiger partial charge in [0.2, 0.25) is 0 Å². The number of hydrogen-bond donors (Lipinski definition) is 2. The number of aromatic nitrogens is 1. The number of aliphatic carboxylic acids is 1. The summed E-state index contributed by atoms with van der Waals surface area (Å²) in [7, 11) is 0. The number of carbonyl (C=O) groups is 1. The number of aryl methyl sites for hydroxylation is 1. The highest BCUT2D eigenvalue weighted by Crippen LogP contribution is 2.29. The smallest absolute Gasteiger partial charge is 0.334 e. The lowest BCUT2D eigenvalue weighted by atomic mass is 10.1. The van der Waals surface area contributed by atoms with Gasteiger partial charge in [0, 0.05) is 12.4 Å². The Morgan fingerprint density at radius 1 is 1.03 bits per heavy atom. The van der Waals surface area contributed by atoms with Gasteiger partial charge in [-0.3, -0.25) is 4.98 Å². The van der Waals surface area contributed by atoms with Crippen LogP contribution in [0.2, 0.25) is 0 Å². The highest BCUT2D eigenvalue weighted by Gasteiger charge is 2.27. The fourth-order valence-corrected chi connectivity index (χ4v) is 5.40. The van der Waals surface area contributed by atoms with Crippen LogP contribution >= 0.6 is 11.8 Å². The van der Waals surface area contributed by atoms with E-state index >= 15 is 0 Å².